The monoisotopic (exact) mass is 611 g/mol. The highest BCUT2D eigenvalue weighted by molar-refractivity contribution is 8.00. The van der Waals surface area contributed by atoms with E-state index in [0.29, 0.717) is 56.0 Å². The number of Topliss-reactive ketones (excluding diaryl/α,β-unsaturated/α-hetero) is 1. The van der Waals surface area contributed by atoms with Gasteiger partial charge in [0.15, 0.2) is 15.8 Å². The van der Waals surface area contributed by atoms with Gasteiger partial charge < -0.3 is 14.6 Å². The Morgan fingerprint density at radius 2 is 1.80 bits per heavy atom. The van der Waals surface area contributed by atoms with Gasteiger partial charge in [0.05, 0.1) is 11.6 Å². The molecule has 2 aliphatic rings. The molecule has 0 saturated carbocycles. The molecule has 1 atom stereocenters. The van der Waals surface area contributed by atoms with Crippen LogP contribution >= 0.6 is 46.3 Å². The molecular weight excluding hydrogens is 593 g/mol. The molecule has 0 unspecified atom stereocenters. The van der Waals surface area contributed by atoms with Crippen LogP contribution in [0.1, 0.15) is 22.7 Å². The lowest BCUT2D eigenvalue weighted by atomic mass is 9.95. The van der Waals surface area contributed by atoms with Crippen molar-refractivity contribution < 1.29 is 24.2 Å². The van der Waals surface area contributed by atoms with E-state index in [2.05, 4.69) is 10.2 Å². The number of halogens is 2. The summed E-state index contributed by atoms with van der Waals surface area (Å²) in [6.45, 7) is 0.775. The molecule has 1 amide bonds. The molecule has 0 radical (unpaired) electrons. The second-order valence-electron chi connectivity index (χ2n) is 8.81. The Hall–Kier alpha value is -3.57. The topological polar surface area (TPSA) is 102 Å². The third kappa shape index (κ3) is 5.03. The van der Waals surface area contributed by atoms with Gasteiger partial charge in [-0.15, -0.1) is 10.2 Å². The van der Waals surface area contributed by atoms with Gasteiger partial charge in [-0.1, -0.05) is 76.6 Å². The summed E-state index contributed by atoms with van der Waals surface area (Å²) in [5.74, 6) is -0.505. The molecule has 1 fully saturated rings. The maximum Gasteiger partial charge on any atom is 0.301 e. The molecule has 3 heterocycles. The molecule has 8 nitrogen and oxygen atoms in total. The zero-order valence-corrected chi connectivity index (χ0v) is 23.7. The molecule has 40 heavy (non-hydrogen) atoms. The quantitative estimate of drug-likeness (QED) is 0.0862. The van der Waals surface area contributed by atoms with Crippen molar-refractivity contribution in [3.63, 3.8) is 0 Å². The zero-order chi connectivity index (χ0) is 27.8. The van der Waals surface area contributed by atoms with Crippen molar-refractivity contribution in [2.24, 2.45) is 0 Å². The van der Waals surface area contributed by atoms with Crippen LogP contribution in [0, 0.1) is 0 Å². The average Bonchev–Trinajstić information content (AvgIpc) is 3.54. The lowest BCUT2D eigenvalue weighted by Gasteiger charge is -2.23. The minimum Gasteiger partial charge on any atom is -0.507 e. The van der Waals surface area contributed by atoms with Crippen LogP contribution in [0.4, 0.5) is 5.13 Å². The molecule has 6 rings (SSSR count). The van der Waals surface area contributed by atoms with Crippen LogP contribution in [-0.4, -0.2) is 40.2 Å². The van der Waals surface area contributed by atoms with E-state index >= 15 is 0 Å². The number of aromatic nitrogens is 2. The predicted octanol–water partition coefficient (Wildman–Crippen LogP) is 6.53. The van der Waals surface area contributed by atoms with Crippen molar-refractivity contribution in [2.45, 2.75) is 16.1 Å². The van der Waals surface area contributed by atoms with Gasteiger partial charge in [-0.05, 0) is 47.5 Å². The summed E-state index contributed by atoms with van der Waals surface area (Å²) in [6, 6.07) is 18.2. The molecule has 0 spiro atoms. The Morgan fingerprint density at radius 3 is 2.60 bits per heavy atom. The summed E-state index contributed by atoms with van der Waals surface area (Å²) in [5.41, 5.74) is 1.68. The number of fused-ring (bicyclic) bond motifs is 1. The fraction of sp³-hybridized carbons (Fsp3) is 0.143. The summed E-state index contributed by atoms with van der Waals surface area (Å²) in [7, 11) is 0. The first-order valence-electron chi connectivity index (χ1n) is 12.1. The number of hydrogen-bond acceptors (Lipinski definition) is 9. The molecule has 12 heteroatoms. The molecule has 202 valence electrons. The number of ether oxygens (including phenoxy) is 2. The highest BCUT2D eigenvalue weighted by Crippen LogP contribution is 2.45. The van der Waals surface area contributed by atoms with Crippen molar-refractivity contribution in [1.29, 1.82) is 0 Å². The molecule has 1 N–H and O–H groups in total. The van der Waals surface area contributed by atoms with Gasteiger partial charge >= 0.3 is 5.91 Å². The van der Waals surface area contributed by atoms with Gasteiger partial charge in [-0.2, -0.15) is 0 Å². The van der Waals surface area contributed by atoms with E-state index in [1.807, 2.05) is 24.3 Å². The van der Waals surface area contributed by atoms with Gasteiger partial charge in [0.1, 0.15) is 19.0 Å². The first-order valence-corrected chi connectivity index (χ1v) is 14.6. The number of thioether (sulfide) groups is 1. The molecule has 3 aromatic carbocycles. The third-order valence-electron chi connectivity index (χ3n) is 6.34. The van der Waals surface area contributed by atoms with Crippen LogP contribution in [0.2, 0.25) is 10.0 Å². The second-order valence-corrected chi connectivity index (χ2v) is 11.8. The van der Waals surface area contributed by atoms with E-state index in [0.717, 1.165) is 5.56 Å². The molecular formula is C28H19Cl2N3O5S2. The SMILES string of the molecule is O=C1C(=O)N(c2nnc(SCc3ccccc3Cl)s2)[C@H](c2cccc(Cl)c2)/C1=C(\O)c1ccc2c(c1)OCCO2. The normalized spacial score (nSPS) is 17.9. The smallest absolute Gasteiger partial charge is 0.301 e. The number of benzene rings is 3. The van der Waals surface area contributed by atoms with Crippen LogP contribution in [-0.2, 0) is 15.3 Å². The molecule has 2 aliphatic heterocycles. The van der Waals surface area contributed by atoms with Crippen molar-refractivity contribution in [2.75, 3.05) is 18.1 Å². The molecule has 1 saturated heterocycles. The Kier molecular flexibility index (Phi) is 7.41. The van der Waals surface area contributed by atoms with Gasteiger partial charge in [0.25, 0.3) is 5.78 Å². The highest BCUT2D eigenvalue weighted by Gasteiger charge is 2.48. The number of ketones is 1. The Labute approximate surface area is 247 Å². The third-order valence-corrected chi connectivity index (χ3v) is 9.04. The van der Waals surface area contributed by atoms with E-state index in [1.165, 1.54) is 28.0 Å². The standard InChI is InChI=1S/C28H19Cl2N3O5S2/c29-18-6-3-5-15(12-18)23-22(24(34)16-8-9-20-21(13-16)38-11-10-37-20)25(35)26(36)33(23)27-31-32-28(40-27)39-14-17-4-1-2-7-19(17)30/h1-9,12-13,23,34H,10-11,14H2/b24-22+/t23-/m1/s1. The Balaban J connectivity index is 1.39. The summed E-state index contributed by atoms with van der Waals surface area (Å²) in [6.07, 6.45) is 0. The van der Waals surface area contributed by atoms with E-state index < -0.39 is 17.7 Å². The van der Waals surface area contributed by atoms with Gasteiger partial charge in [0, 0.05) is 21.4 Å². The number of anilines is 1. The fourth-order valence-corrected chi connectivity index (χ4v) is 6.83. The zero-order valence-electron chi connectivity index (χ0n) is 20.5. The van der Waals surface area contributed by atoms with E-state index in [1.54, 1.807) is 42.5 Å². The predicted molar refractivity (Wildman–Crippen MR) is 155 cm³/mol. The second kappa shape index (κ2) is 11.1. The van der Waals surface area contributed by atoms with Gasteiger partial charge in [-0.25, -0.2) is 0 Å². The molecule has 0 aliphatic carbocycles. The number of carbonyl (C=O) groups excluding carboxylic acids is 2. The van der Waals surface area contributed by atoms with E-state index in [4.69, 9.17) is 32.7 Å². The largest absolute Gasteiger partial charge is 0.507 e. The number of nitrogens with zero attached hydrogens (tertiary/aromatic N) is 3. The maximum absolute atomic E-state index is 13.5. The minimum absolute atomic E-state index is 0.0931. The number of amides is 1. The fourth-order valence-electron chi connectivity index (χ4n) is 4.48. The van der Waals surface area contributed by atoms with Crippen molar-refractivity contribution in [3.05, 3.63) is 99.0 Å². The lowest BCUT2D eigenvalue weighted by molar-refractivity contribution is -0.132. The number of hydrogen-bond donors (Lipinski definition) is 1. The van der Waals surface area contributed by atoms with Gasteiger partial charge in [-0.3, -0.25) is 14.5 Å². The lowest BCUT2D eigenvalue weighted by Crippen LogP contribution is -2.29. The summed E-state index contributed by atoms with van der Waals surface area (Å²) >= 11 is 15.2. The van der Waals surface area contributed by atoms with E-state index in [-0.39, 0.29) is 16.5 Å². The number of aliphatic hydroxyl groups excluding tert-OH is 1. The summed E-state index contributed by atoms with van der Waals surface area (Å²) < 4.78 is 11.8. The van der Waals surface area contributed by atoms with E-state index in [9.17, 15) is 14.7 Å². The maximum atomic E-state index is 13.5. The number of carbonyl (C=O) groups is 2. The van der Waals surface area contributed by atoms with Crippen LogP contribution in [0.25, 0.3) is 5.76 Å². The summed E-state index contributed by atoms with van der Waals surface area (Å²) in [4.78, 5) is 28.2. The van der Waals surface area contributed by atoms with Crippen LogP contribution < -0.4 is 14.4 Å². The van der Waals surface area contributed by atoms with Crippen molar-refractivity contribution in [1.82, 2.24) is 10.2 Å². The van der Waals surface area contributed by atoms with Crippen LogP contribution in [0.3, 0.4) is 0 Å². The highest BCUT2D eigenvalue weighted by atomic mass is 35.5. The molecule has 4 aromatic rings. The minimum atomic E-state index is -0.985. The summed E-state index contributed by atoms with van der Waals surface area (Å²) in [5, 5.41) is 21.2. The van der Waals surface area contributed by atoms with Crippen LogP contribution in [0.15, 0.2) is 76.6 Å². The first-order chi connectivity index (χ1) is 19.4. The van der Waals surface area contributed by atoms with Crippen LogP contribution in [0.5, 0.6) is 11.5 Å². The Morgan fingerprint density at radius 1 is 1.00 bits per heavy atom. The van der Waals surface area contributed by atoms with Crippen molar-refractivity contribution in [3.8, 4) is 11.5 Å². The molecule has 1 aromatic heterocycles. The average molecular weight is 613 g/mol. The first kappa shape index (κ1) is 26.6. The number of aliphatic hydroxyl groups is 1. The van der Waals surface area contributed by atoms with Crippen molar-refractivity contribution >= 4 is 68.9 Å². The molecule has 0 bridgehead atoms. The Bertz CT molecular complexity index is 1680. The van der Waals surface area contributed by atoms with Gasteiger partial charge in [0.2, 0.25) is 5.13 Å². The number of rotatable bonds is 6.